The molecule has 2 aromatic heterocycles. The molecule has 0 radical (unpaired) electrons. The molecular weight excluding hydrogens is 392 g/mol. The third-order valence-corrected chi connectivity index (χ3v) is 6.03. The van der Waals surface area contributed by atoms with Crippen LogP contribution in [0.2, 0.25) is 0 Å². The van der Waals surface area contributed by atoms with E-state index in [0.29, 0.717) is 31.1 Å². The highest BCUT2D eigenvalue weighted by Gasteiger charge is 2.25. The lowest BCUT2D eigenvalue weighted by Gasteiger charge is -2.32. The lowest BCUT2D eigenvalue weighted by Crippen LogP contribution is -2.43. The molecule has 1 aliphatic rings. The fourth-order valence-corrected chi connectivity index (χ4v) is 4.21. The van der Waals surface area contributed by atoms with Crippen molar-refractivity contribution in [3.05, 3.63) is 28.2 Å². The maximum Gasteiger partial charge on any atom is 0.348 e. The van der Waals surface area contributed by atoms with Gasteiger partial charge in [-0.15, -0.1) is 16.4 Å². The molecule has 1 fully saturated rings. The number of hydrogen-bond acceptors (Lipinski definition) is 6. The molecule has 0 aliphatic carbocycles. The number of hydrogen-bond donors (Lipinski definition) is 2. The number of amides is 1. The molecule has 1 aliphatic heterocycles. The SMILES string of the molecule is CC(C)C1CC(NC(=O)CCCCc2cn(-c3ccsc3C(=O)O)nn2)CCO1. The van der Waals surface area contributed by atoms with Crippen LogP contribution in [0.15, 0.2) is 17.6 Å². The van der Waals surface area contributed by atoms with Crippen molar-refractivity contribution in [3.63, 3.8) is 0 Å². The molecule has 158 valence electrons. The van der Waals surface area contributed by atoms with E-state index in [1.165, 1.54) is 4.68 Å². The summed E-state index contributed by atoms with van der Waals surface area (Å²) in [6, 6.07) is 1.93. The van der Waals surface area contributed by atoms with Gasteiger partial charge in [0.2, 0.25) is 5.91 Å². The first kappa shape index (κ1) is 21.4. The maximum absolute atomic E-state index is 12.2. The minimum atomic E-state index is -0.970. The zero-order valence-corrected chi connectivity index (χ0v) is 17.7. The Balaban J connectivity index is 1.40. The normalized spacial score (nSPS) is 19.4. The fourth-order valence-electron chi connectivity index (χ4n) is 3.49. The van der Waals surface area contributed by atoms with Crippen molar-refractivity contribution in [2.24, 2.45) is 5.92 Å². The maximum atomic E-state index is 12.2. The van der Waals surface area contributed by atoms with Gasteiger partial charge in [-0.05, 0) is 49.5 Å². The highest BCUT2D eigenvalue weighted by molar-refractivity contribution is 7.12. The van der Waals surface area contributed by atoms with Gasteiger partial charge in [-0.2, -0.15) is 0 Å². The van der Waals surface area contributed by atoms with Gasteiger partial charge >= 0.3 is 5.97 Å². The number of thiophene rings is 1. The number of nitrogens with zero attached hydrogens (tertiary/aromatic N) is 3. The summed E-state index contributed by atoms with van der Waals surface area (Å²) in [6.07, 6.45) is 6.52. The summed E-state index contributed by atoms with van der Waals surface area (Å²) in [5, 5.41) is 22.2. The van der Waals surface area contributed by atoms with Gasteiger partial charge in [0.05, 0.1) is 23.7 Å². The molecule has 1 amide bonds. The van der Waals surface area contributed by atoms with Crippen molar-refractivity contribution in [1.29, 1.82) is 0 Å². The van der Waals surface area contributed by atoms with Crippen molar-refractivity contribution < 1.29 is 19.4 Å². The molecule has 9 heteroatoms. The molecule has 3 rings (SSSR count). The van der Waals surface area contributed by atoms with Crippen LogP contribution >= 0.6 is 11.3 Å². The first-order chi connectivity index (χ1) is 13.9. The van der Waals surface area contributed by atoms with Crippen molar-refractivity contribution in [2.75, 3.05) is 6.61 Å². The molecule has 2 N–H and O–H groups in total. The van der Waals surface area contributed by atoms with Crippen molar-refractivity contribution in [3.8, 4) is 5.69 Å². The minimum absolute atomic E-state index is 0.0902. The van der Waals surface area contributed by atoms with Gasteiger partial charge in [-0.25, -0.2) is 9.48 Å². The van der Waals surface area contributed by atoms with E-state index >= 15 is 0 Å². The van der Waals surface area contributed by atoms with Crippen LogP contribution in [0.5, 0.6) is 0 Å². The number of nitrogens with one attached hydrogen (secondary N) is 1. The summed E-state index contributed by atoms with van der Waals surface area (Å²) in [5.41, 5.74) is 1.31. The van der Waals surface area contributed by atoms with Gasteiger partial charge in [-0.1, -0.05) is 19.1 Å². The Morgan fingerprint density at radius 3 is 3.00 bits per heavy atom. The summed E-state index contributed by atoms with van der Waals surface area (Å²) in [7, 11) is 0. The Hall–Kier alpha value is -2.26. The number of unbranched alkanes of at least 4 members (excludes halogenated alkanes) is 1. The predicted molar refractivity (Wildman–Crippen MR) is 109 cm³/mol. The van der Waals surface area contributed by atoms with Gasteiger partial charge in [0.15, 0.2) is 0 Å². The Bertz CT molecular complexity index is 832. The monoisotopic (exact) mass is 420 g/mol. The second kappa shape index (κ2) is 9.98. The topological polar surface area (TPSA) is 106 Å². The first-order valence-electron chi connectivity index (χ1n) is 10.1. The summed E-state index contributed by atoms with van der Waals surface area (Å²) < 4.78 is 7.25. The summed E-state index contributed by atoms with van der Waals surface area (Å²) in [5.74, 6) is -0.418. The molecule has 29 heavy (non-hydrogen) atoms. The van der Waals surface area contributed by atoms with Crippen molar-refractivity contribution in [1.82, 2.24) is 20.3 Å². The molecule has 0 spiro atoms. The molecule has 2 atom stereocenters. The van der Waals surface area contributed by atoms with Crippen LogP contribution in [0.1, 0.15) is 61.3 Å². The number of carboxylic acids is 1. The number of aromatic carboxylic acids is 1. The van der Waals surface area contributed by atoms with E-state index in [0.717, 1.165) is 42.7 Å². The number of carbonyl (C=O) groups is 2. The average molecular weight is 421 g/mol. The van der Waals surface area contributed by atoms with Crippen molar-refractivity contribution in [2.45, 2.75) is 64.5 Å². The van der Waals surface area contributed by atoms with Crippen LogP contribution < -0.4 is 5.32 Å². The van der Waals surface area contributed by atoms with Gasteiger partial charge in [-0.3, -0.25) is 4.79 Å². The quantitative estimate of drug-likeness (QED) is 0.604. The van der Waals surface area contributed by atoms with Gasteiger partial charge in [0.1, 0.15) is 4.88 Å². The van der Waals surface area contributed by atoms with Gasteiger partial charge in [0, 0.05) is 19.1 Å². The van der Waals surface area contributed by atoms with E-state index in [-0.39, 0.29) is 22.9 Å². The van der Waals surface area contributed by atoms with Crippen LogP contribution in [0.4, 0.5) is 0 Å². The van der Waals surface area contributed by atoms with Gasteiger partial charge in [0.25, 0.3) is 0 Å². The van der Waals surface area contributed by atoms with Crippen molar-refractivity contribution >= 4 is 23.2 Å². The first-order valence-corrected chi connectivity index (χ1v) is 11.0. The summed E-state index contributed by atoms with van der Waals surface area (Å²) in [6.45, 7) is 4.99. The van der Waals surface area contributed by atoms with E-state index < -0.39 is 5.97 Å². The van der Waals surface area contributed by atoms with E-state index in [9.17, 15) is 14.7 Å². The average Bonchev–Trinajstić information content (AvgIpc) is 3.34. The van der Waals surface area contributed by atoms with Crippen LogP contribution in [0, 0.1) is 5.92 Å². The van der Waals surface area contributed by atoms with Crippen LogP contribution in [0.25, 0.3) is 5.69 Å². The zero-order valence-electron chi connectivity index (χ0n) is 16.8. The molecule has 0 saturated carbocycles. The Morgan fingerprint density at radius 2 is 2.24 bits per heavy atom. The predicted octanol–water partition coefficient (Wildman–Crippen LogP) is 3.06. The number of aryl methyl sites for hydroxylation is 1. The third kappa shape index (κ3) is 5.86. The standard InChI is InChI=1S/C20H28N4O4S/c1-13(2)17-11-14(7-9-28-17)21-18(25)6-4-3-5-15-12-24(23-22-15)16-8-10-29-19(16)20(26)27/h8,10,12-14,17H,3-7,9,11H2,1-2H3,(H,21,25)(H,26,27). The lowest BCUT2D eigenvalue weighted by molar-refractivity contribution is -0.123. The number of ether oxygens (including phenoxy) is 1. The minimum Gasteiger partial charge on any atom is -0.477 e. The Morgan fingerprint density at radius 1 is 1.41 bits per heavy atom. The Labute approximate surface area is 174 Å². The largest absolute Gasteiger partial charge is 0.477 e. The van der Waals surface area contributed by atoms with Crippen LogP contribution in [-0.2, 0) is 16.0 Å². The number of aromatic nitrogens is 3. The molecular formula is C20H28N4O4S. The highest BCUT2D eigenvalue weighted by atomic mass is 32.1. The molecule has 8 nitrogen and oxygen atoms in total. The van der Waals surface area contributed by atoms with E-state index in [4.69, 9.17) is 4.74 Å². The highest BCUT2D eigenvalue weighted by Crippen LogP contribution is 2.21. The molecule has 0 bridgehead atoms. The lowest BCUT2D eigenvalue weighted by atomic mass is 9.95. The smallest absolute Gasteiger partial charge is 0.348 e. The molecule has 0 aromatic carbocycles. The van der Waals surface area contributed by atoms with Gasteiger partial charge < -0.3 is 15.2 Å². The molecule has 2 unspecified atom stereocenters. The van der Waals surface area contributed by atoms with E-state index in [1.807, 2.05) is 0 Å². The van der Waals surface area contributed by atoms with Crippen LogP contribution in [0.3, 0.4) is 0 Å². The third-order valence-electron chi connectivity index (χ3n) is 5.14. The number of rotatable bonds is 9. The van der Waals surface area contributed by atoms with Crippen LogP contribution in [-0.4, -0.2) is 50.7 Å². The number of carboxylic acid groups (broad SMARTS) is 1. The second-order valence-corrected chi connectivity index (χ2v) is 8.66. The Kier molecular flexibility index (Phi) is 7.38. The number of carbonyl (C=O) groups excluding carboxylic acids is 1. The zero-order chi connectivity index (χ0) is 20.8. The van der Waals surface area contributed by atoms with E-state index in [2.05, 4.69) is 29.5 Å². The van der Waals surface area contributed by atoms with E-state index in [1.54, 1.807) is 17.6 Å². The molecule has 1 saturated heterocycles. The second-order valence-electron chi connectivity index (χ2n) is 7.74. The molecule has 3 heterocycles. The fraction of sp³-hybridized carbons (Fsp3) is 0.600. The summed E-state index contributed by atoms with van der Waals surface area (Å²) in [4.78, 5) is 23.7. The summed E-state index contributed by atoms with van der Waals surface area (Å²) >= 11 is 1.16. The molecule has 2 aromatic rings.